The van der Waals surface area contributed by atoms with Crippen LogP contribution >= 0.6 is 0 Å². The molecule has 24 heavy (non-hydrogen) atoms. The Morgan fingerprint density at radius 1 is 1.17 bits per heavy atom. The predicted octanol–water partition coefficient (Wildman–Crippen LogP) is 2.78. The summed E-state index contributed by atoms with van der Waals surface area (Å²) in [5, 5.41) is 2.95. The number of carbonyl (C=O) groups is 2. The lowest BCUT2D eigenvalue weighted by Crippen LogP contribution is -2.47. The van der Waals surface area contributed by atoms with Crippen molar-refractivity contribution in [3.05, 3.63) is 35.4 Å². The van der Waals surface area contributed by atoms with E-state index in [9.17, 15) is 9.59 Å². The van der Waals surface area contributed by atoms with Crippen molar-refractivity contribution in [2.45, 2.75) is 38.7 Å². The fourth-order valence-corrected chi connectivity index (χ4v) is 3.42. The number of urea groups is 1. The molecule has 0 bridgehead atoms. The molecule has 3 rings (SSSR count). The van der Waals surface area contributed by atoms with Gasteiger partial charge in [0.15, 0.2) is 5.78 Å². The molecule has 0 aromatic heterocycles. The van der Waals surface area contributed by atoms with Crippen LogP contribution in [0.4, 0.5) is 4.79 Å². The summed E-state index contributed by atoms with van der Waals surface area (Å²) in [5.41, 5.74) is 1.94. The van der Waals surface area contributed by atoms with E-state index < -0.39 is 0 Å². The van der Waals surface area contributed by atoms with Gasteiger partial charge in [-0.1, -0.05) is 29.8 Å². The van der Waals surface area contributed by atoms with Crippen molar-refractivity contribution in [1.82, 2.24) is 10.2 Å². The van der Waals surface area contributed by atoms with E-state index >= 15 is 0 Å². The van der Waals surface area contributed by atoms with Crippen LogP contribution in [-0.2, 0) is 4.74 Å². The van der Waals surface area contributed by atoms with Crippen LogP contribution in [0.25, 0.3) is 0 Å². The van der Waals surface area contributed by atoms with E-state index in [1.165, 1.54) is 0 Å². The Bertz CT molecular complexity index is 571. The topological polar surface area (TPSA) is 58.6 Å². The molecular formula is C19H26N2O3. The number of Topliss-reactive ketones (excluding diaryl/α,β-unsaturated/α-hetero) is 1. The first kappa shape index (κ1) is 17.0. The molecular weight excluding hydrogens is 304 g/mol. The quantitative estimate of drug-likeness (QED) is 0.864. The van der Waals surface area contributed by atoms with Gasteiger partial charge in [0.05, 0.1) is 6.10 Å². The minimum Gasteiger partial charge on any atom is -0.376 e. The van der Waals surface area contributed by atoms with Gasteiger partial charge in [-0.3, -0.25) is 4.79 Å². The van der Waals surface area contributed by atoms with Crippen LogP contribution in [-0.4, -0.2) is 49.1 Å². The molecule has 0 radical (unpaired) electrons. The zero-order valence-corrected chi connectivity index (χ0v) is 14.3. The summed E-state index contributed by atoms with van der Waals surface area (Å²) < 4.78 is 5.52. The summed E-state index contributed by atoms with van der Waals surface area (Å²) in [6.45, 7) is 4.68. The Hall–Kier alpha value is -1.88. The summed E-state index contributed by atoms with van der Waals surface area (Å²) in [7, 11) is 0. The Kier molecular flexibility index (Phi) is 5.51. The van der Waals surface area contributed by atoms with Crippen molar-refractivity contribution >= 4 is 11.8 Å². The molecule has 130 valence electrons. The number of ether oxygens (including phenoxy) is 1. The summed E-state index contributed by atoms with van der Waals surface area (Å²) >= 11 is 0. The molecule has 5 heteroatoms. The molecule has 2 heterocycles. The average molecular weight is 330 g/mol. The zero-order valence-electron chi connectivity index (χ0n) is 14.3. The van der Waals surface area contributed by atoms with E-state index in [2.05, 4.69) is 5.32 Å². The lowest BCUT2D eigenvalue weighted by molar-refractivity contribution is 0.0848. The van der Waals surface area contributed by atoms with Crippen molar-refractivity contribution in [2.24, 2.45) is 5.92 Å². The van der Waals surface area contributed by atoms with Gasteiger partial charge in [-0.2, -0.15) is 0 Å². The summed E-state index contributed by atoms with van der Waals surface area (Å²) in [5.74, 6) is 0.226. The van der Waals surface area contributed by atoms with Gasteiger partial charge in [-0.05, 0) is 32.6 Å². The molecule has 2 aliphatic rings. The fraction of sp³-hybridized carbons (Fsp3) is 0.579. The highest BCUT2D eigenvalue weighted by atomic mass is 16.5. The highest BCUT2D eigenvalue weighted by Gasteiger charge is 2.28. The van der Waals surface area contributed by atoms with Gasteiger partial charge in [0.25, 0.3) is 0 Å². The third-order valence-electron chi connectivity index (χ3n) is 4.99. The molecule has 0 saturated carbocycles. The number of likely N-dealkylation sites (tertiary alicyclic amines) is 1. The lowest BCUT2D eigenvalue weighted by Gasteiger charge is -2.31. The Morgan fingerprint density at radius 2 is 1.88 bits per heavy atom. The summed E-state index contributed by atoms with van der Waals surface area (Å²) in [6, 6.07) is 7.71. The molecule has 0 unspecified atom stereocenters. The van der Waals surface area contributed by atoms with E-state index in [1.807, 2.05) is 36.1 Å². The van der Waals surface area contributed by atoms with Crippen LogP contribution in [0.1, 0.15) is 41.6 Å². The first-order valence-corrected chi connectivity index (χ1v) is 8.89. The zero-order chi connectivity index (χ0) is 16.9. The van der Waals surface area contributed by atoms with E-state index in [1.54, 1.807) is 0 Å². The van der Waals surface area contributed by atoms with Crippen molar-refractivity contribution in [3.8, 4) is 0 Å². The van der Waals surface area contributed by atoms with Crippen molar-refractivity contribution < 1.29 is 14.3 Å². The van der Waals surface area contributed by atoms with Gasteiger partial charge in [-0.15, -0.1) is 0 Å². The molecule has 2 aliphatic heterocycles. The minimum atomic E-state index is -0.0354. The lowest BCUT2D eigenvalue weighted by atomic mass is 9.89. The number of carbonyl (C=O) groups excluding carboxylic acids is 2. The van der Waals surface area contributed by atoms with Crippen LogP contribution in [0.5, 0.6) is 0 Å². The largest absolute Gasteiger partial charge is 0.376 e. The first-order valence-electron chi connectivity index (χ1n) is 8.89. The third-order valence-corrected chi connectivity index (χ3v) is 4.99. The highest BCUT2D eigenvalue weighted by molar-refractivity contribution is 5.98. The Labute approximate surface area is 143 Å². The van der Waals surface area contributed by atoms with Crippen LogP contribution < -0.4 is 5.32 Å². The molecule has 1 aromatic carbocycles. The summed E-state index contributed by atoms with van der Waals surface area (Å²) in [6.07, 6.45) is 3.73. The second-order valence-corrected chi connectivity index (χ2v) is 6.81. The van der Waals surface area contributed by atoms with Gasteiger partial charge < -0.3 is 15.0 Å². The smallest absolute Gasteiger partial charge is 0.317 e. The molecule has 1 N–H and O–H groups in total. The molecule has 2 saturated heterocycles. The number of rotatable bonds is 4. The number of hydrogen-bond donors (Lipinski definition) is 1. The second kappa shape index (κ2) is 7.79. The molecule has 5 nitrogen and oxygen atoms in total. The minimum absolute atomic E-state index is 0.0231. The number of aryl methyl sites for hydroxylation is 1. The first-order chi connectivity index (χ1) is 11.6. The SMILES string of the molecule is Cc1ccc(C(=O)C2CCN(C(=O)NC[C@H]3CCCO3)CC2)cc1. The number of amides is 2. The number of benzene rings is 1. The third kappa shape index (κ3) is 4.15. The van der Waals surface area contributed by atoms with E-state index in [4.69, 9.17) is 4.74 Å². The molecule has 1 aromatic rings. The predicted molar refractivity (Wildman–Crippen MR) is 92.2 cm³/mol. The van der Waals surface area contributed by atoms with Crippen LogP contribution in [0.3, 0.4) is 0 Å². The Balaban J connectivity index is 1.45. The maximum Gasteiger partial charge on any atom is 0.317 e. The number of hydrogen-bond acceptors (Lipinski definition) is 3. The van der Waals surface area contributed by atoms with Crippen molar-refractivity contribution in [2.75, 3.05) is 26.2 Å². The van der Waals surface area contributed by atoms with Crippen LogP contribution in [0, 0.1) is 12.8 Å². The molecule has 0 aliphatic carbocycles. The number of nitrogens with zero attached hydrogens (tertiary/aromatic N) is 1. The van der Waals surface area contributed by atoms with Crippen molar-refractivity contribution in [1.29, 1.82) is 0 Å². The van der Waals surface area contributed by atoms with Gasteiger partial charge in [0.2, 0.25) is 0 Å². The van der Waals surface area contributed by atoms with Crippen molar-refractivity contribution in [3.63, 3.8) is 0 Å². The van der Waals surface area contributed by atoms with Gasteiger partial charge in [0, 0.05) is 37.7 Å². The standard InChI is InChI=1S/C19H26N2O3/c1-14-4-6-15(7-5-14)18(22)16-8-10-21(11-9-16)19(23)20-13-17-3-2-12-24-17/h4-7,16-17H,2-3,8-13H2,1H3,(H,20,23)/t17-/m1/s1. The van der Waals surface area contributed by atoms with E-state index in [0.717, 1.165) is 43.4 Å². The van der Waals surface area contributed by atoms with Gasteiger partial charge in [-0.25, -0.2) is 4.79 Å². The number of nitrogens with one attached hydrogen (secondary N) is 1. The molecule has 0 spiro atoms. The molecule has 2 amide bonds. The number of ketones is 1. The van der Waals surface area contributed by atoms with Crippen LogP contribution in [0.2, 0.25) is 0 Å². The highest BCUT2D eigenvalue weighted by Crippen LogP contribution is 2.22. The summed E-state index contributed by atoms with van der Waals surface area (Å²) in [4.78, 5) is 26.6. The number of piperidine rings is 1. The van der Waals surface area contributed by atoms with Gasteiger partial charge in [0.1, 0.15) is 0 Å². The monoisotopic (exact) mass is 330 g/mol. The van der Waals surface area contributed by atoms with E-state index in [-0.39, 0.29) is 23.8 Å². The normalized spacial score (nSPS) is 21.7. The maximum atomic E-state index is 12.6. The fourth-order valence-electron chi connectivity index (χ4n) is 3.42. The van der Waals surface area contributed by atoms with E-state index in [0.29, 0.717) is 19.6 Å². The molecule has 1 atom stereocenters. The second-order valence-electron chi connectivity index (χ2n) is 6.81. The average Bonchev–Trinajstić information content (AvgIpc) is 3.13. The maximum absolute atomic E-state index is 12.6. The van der Waals surface area contributed by atoms with Gasteiger partial charge >= 0.3 is 6.03 Å². The molecule has 2 fully saturated rings. The van der Waals surface area contributed by atoms with Crippen LogP contribution in [0.15, 0.2) is 24.3 Å². The Morgan fingerprint density at radius 3 is 2.50 bits per heavy atom.